The lowest BCUT2D eigenvalue weighted by atomic mass is 9.99. The molecule has 2 rings (SSSR count). The van der Waals surface area contributed by atoms with E-state index < -0.39 is 10.0 Å². The first-order valence-electron chi connectivity index (χ1n) is 5.65. The maximum absolute atomic E-state index is 12.7. The van der Waals surface area contributed by atoms with Gasteiger partial charge in [0.15, 0.2) is 0 Å². The maximum Gasteiger partial charge on any atom is 0.211 e. The molecule has 0 bridgehead atoms. The summed E-state index contributed by atoms with van der Waals surface area (Å²) in [6, 6.07) is 6.41. The fourth-order valence-electron chi connectivity index (χ4n) is 2.22. The Labute approximate surface area is 101 Å². The van der Waals surface area contributed by atoms with Crippen LogP contribution in [0.15, 0.2) is 24.3 Å². The molecule has 1 heterocycles. The average Bonchev–Trinajstić information content (AvgIpc) is 2.69. The third kappa shape index (κ3) is 3.26. The molecule has 3 nitrogen and oxygen atoms in total. The van der Waals surface area contributed by atoms with Gasteiger partial charge in [-0.25, -0.2) is 17.1 Å². The largest absolute Gasteiger partial charge is 0.213 e. The van der Waals surface area contributed by atoms with E-state index in [1.54, 1.807) is 12.1 Å². The molecule has 0 radical (unpaired) electrons. The number of nitrogens with zero attached hydrogens (tertiary/aromatic N) is 1. The van der Waals surface area contributed by atoms with E-state index in [4.69, 9.17) is 0 Å². The topological polar surface area (TPSA) is 37.4 Å². The summed E-state index contributed by atoms with van der Waals surface area (Å²) < 4.78 is 37.0. The van der Waals surface area contributed by atoms with Crippen molar-refractivity contribution in [3.8, 4) is 0 Å². The molecule has 94 valence electrons. The molecule has 17 heavy (non-hydrogen) atoms. The number of halogens is 1. The Morgan fingerprint density at radius 3 is 2.53 bits per heavy atom. The average molecular weight is 257 g/mol. The van der Waals surface area contributed by atoms with Gasteiger partial charge in [-0.1, -0.05) is 12.1 Å². The first-order valence-corrected chi connectivity index (χ1v) is 7.49. The third-order valence-corrected chi connectivity index (χ3v) is 4.42. The van der Waals surface area contributed by atoms with Gasteiger partial charge in [0.2, 0.25) is 10.0 Å². The lowest BCUT2D eigenvalue weighted by molar-refractivity contribution is 0.460. The van der Waals surface area contributed by atoms with Gasteiger partial charge in [-0.05, 0) is 36.5 Å². The molecular weight excluding hydrogens is 241 g/mol. The van der Waals surface area contributed by atoms with Crippen LogP contribution in [0.2, 0.25) is 0 Å². The SMILES string of the molecule is CS(=O)(=O)N1CC[C@@H](Cc2ccc(F)cc2)C1. The summed E-state index contributed by atoms with van der Waals surface area (Å²) in [6.07, 6.45) is 2.93. The zero-order valence-electron chi connectivity index (χ0n) is 9.77. The first-order chi connectivity index (χ1) is 7.95. The zero-order chi connectivity index (χ0) is 12.5. The Kier molecular flexibility index (Phi) is 3.49. The summed E-state index contributed by atoms with van der Waals surface area (Å²) >= 11 is 0. The summed E-state index contributed by atoms with van der Waals surface area (Å²) in [5, 5.41) is 0. The minimum Gasteiger partial charge on any atom is -0.213 e. The molecule has 5 heteroatoms. The van der Waals surface area contributed by atoms with Crippen molar-refractivity contribution >= 4 is 10.0 Å². The van der Waals surface area contributed by atoms with Gasteiger partial charge in [0, 0.05) is 13.1 Å². The predicted molar refractivity (Wildman–Crippen MR) is 64.6 cm³/mol. The van der Waals surface area contributed by atoms with Crippen molar-refractivity contribution in [2.45, 2.75) is 12.8 Å². The minimum atomic E-state index is -3.06. The summed E-state index contributed by atoms with van der Waals surface area (Å²) in [4.78, 5) is 0. The second kappa shape index (κ2) is 4.74. The van der Waals surface area contributed by atoms with Gasteiger partial charge in [0.05, 0.1) is 6.26 Å². The fraction of sp³-hybridized carbons (Fsp3) is 0.500. The molecule has 0 spiro atoms. The Bertz CT molecular complexity index is 484. The molecule has 0 aromatic heterocycles. The molecular formula is C12H16FNO2S. The molecule has 1 aliphatic rings. The molecule has 1 aliphatic heterocycles. The highest BCUT2D eigenvalue weighted by Crippen LogP contribution is 2.22. The van der Waals surface area contributed by atoms with Crippen molar-refractivity contribution < 1.29 is 12.8 Å². The van der Waals surface area contributed by atoms with Gasteiger partial charge < -0.3 is 0 Å². The molecule has 1 atom stereocenters. The van der Waals surface area contributed by atoms with E-state index in [0.717, 1.165) is 18.4 Å². The van der Waals surface area contributed by atoms with E-state index in [2.05, 4.69) is 0 Å². The molecule has 0 aliphatic carbocycles. The van der Waals surface area contributed by atoms with Crippen LogP contribution in [0.5, 0.6) is 0 Å². The van der Waals surface area contributed by atoms with E-state index in [9.17, 15) is 12.8 Å². The van der Waals surface area contributed by atoms with Crippen LogP contribution in [0, 0.1) is 11.7 Å². The van der Waals surface area contributed by atoms with E-state index in [1.165, 1.54) is 22.7 Å². The Morgan fingerprint density at radius 2 is 2.00 bits per heavy atom. The number of benzene rings is 1. The van der Waals surface area contributed by atoms with Crippen molar-refractivity contribution in [2.24, 2.45) is 5.92 Å². The highest BCUT2D eigenvalue weighted by molar-refractivity contribution is 7.88. The lowest BCUT2D eigenvalue weighted by Gasteiger charge is -2.13. The fourth-order valence-corrected chi connectivity index (χ4v) is 3.14. The number of sulfonamides is 1. The first kappa shape index (κ1) is 12.5. The van der Waals surface area contributed by atoms with Crippen molar-refractivity contribution in [3.05, 3.63) is 35.6 Å². The quantitative estimate of drug-likeness (QED) is 0.825. The minimum absolute atomic E-state index is 0.238. The Morgan fingerprint density at radius 1 is 1.35 bits per heavy atom. The van der Waals surface area contributed by atoms with Gasteiger partial charge >= 0.3 is 0 Å². The van der Waals surface area contributed by atoms with Gasteiger partial charge in [0.25, 0.3) is 0 Å². The van der Waals surface area contributed by atoms with Crippen LogP contribution in [-0.4, -0.2) is 32.1 Å². The Balaban J connectivity index is 1.96. The van der Waals surface area contributed by atoms with Crippen LogP contribution >= 0.6 is 0 Å². The van der Waals surface area contributed by atoms with E-state index in [-0.39, 0.29) is 5.82 Å². The van der Waals surface area contributed by atoms with Gasteiger partial charge in [-0.2, -0.15) is 0 Å². The van der Waals surface area contributed by atoms with Crippen LogP contribution in [-0.2, 0) is 16.4 Å². The van der Waals surface area contributed by atoms with E-state index in [1.807, 2.05) is 0 Å². The van der Waals surface area contributed by atoms with E-state index in [0.29, 0.717) is 19.0 Å². The number of rotatable bonds is 3. The Hall–Kier alpha value is -0.940. The predicted octanol–water partition coefficient (Wildman–Crippen LogP) is 1.65. The molecule has 0 N–H and O–H groups in total. The van der Waals surface area contributed by atoms with Crippen LogP contribution in [0.25, 0.3) is 0 Å². The van der Waals surface area contributed by atoms with Crippen LogP contribution in [0.1, 0.15) is 12.0 Å². The maximum atomic E-state index is 12.7. The molecule has 0 amide bonds. The van der Waals surface area contributed by atoms with Crippen molar-refractivity contribution in [1.29, 1.82) is 0 Å². The summed E-state index contributed by atoms with van der Waals surface area (Å²) in [7, 11) is -3.06. The molecule has 0 unspecified atom stereocenters. The van der Waals surface area contributed by atoms with Crippen LogP contribution in [0.4, 0.5) is 4.39 Å². The monoisotopic (exact) mass is 257 g/mol. The second-order valence-electron chi connectivity index (χ2n) is 4.61. The van der Waals surface area contributed by atoms with Crippen LogP contribution in [0.3, 0.4) is 0 Å². The normalized spacial score (nSPS) is 21.9. The number of hydrogen-bond acceptors (Lipinski definition) is 2. The molecule has 1 saturated heterocycles. The highest BCUT2D eigenvalue weighted by atomic mass is 32.2. The van der Waals surface area contributed by atoms with Gasteiger partial charge in [-0.3, -0.25) is 0 Å². The second-order valence-corrected chi connectivity index (χ2v) is 6.59. The smallest absolute Gasteiger partial charge is 0.211 e. The molecule has 1 aromatic rings. The van der Waals surface area contributed by atoms with Crippen LogP contribution < -0.4 is 0 Å². The summed E-state index contributed by atoms with van der Waals surface area (Å²) in [5.74, 6) is 0.105. The third-order valence-electron chi connectivity index (χ3n) is 3.16. The summed E-state index contributed by atoms with van der Waals surface area (Å²) in [6.45, 7) is 1.18. The molecule has 1 aromatic carbocycles. The molecule has 1 fully saturated rings. The van der Waals surface area contributed by atoms with Crippen molar-refractivity contribution in [2.75, 3.05) is 19.3 Å². The zero-order valence-corrected chi connectivity index (χ0v) is 10.6. The van der Waals surface area contributed by atoms with E-state index >= 15 is 0 Å². The summed E-state index contributed by atoms with van der Waals surface area (Å²) in [5.41, 5.74) is 1.06. The number of hydrogen-bond donors (Lipinski definition) is 0. The van der Waals surface area contributed by atoms with Crippen molar-refractivity contribution in [1.82, 2.24) is 4.31 Å². The van der Waals surface area contributed by atoms with Gasteiger partial charge in [0.1, 0.15) is 5.82 Å². The highest BCUT2D eigenvalue weighted by Gasteiger charge is 2.28. The lowest BCUT2D eigenvalue weighted by Crippen LogP contribution is -2.27. The molecule has 0 saturated carbocycles. The van der Waals surface area contributed by atoms with Crippen molar-refractivity contribution in [3.63, 3.8) is 0 Å². The standard InChI is InChI=1S/C12H16FNO2S/c1-17(15,16)14-7-6-11(9-14)8-10-2-4-12(13)5-3-10/h2-5,11H,6-9H2,1H3/t11-/m0/s1. The van der Waals surface area contributed by atoms with Gasteiger partial charge in [-0.15, -0.1) is 0 Å².